The van der Waals surface area contributed by atoms with Gasteiger partial charge in [-0.2, -0.15) is 0 Å². The first-order chi connectivity index (χ1) is 10.1. The predicted octanol–water partition coefficient (Wildman–Crippen LogP) is 2.90. The van der Waals surface area contributed by atoms with Crippen molar-refractivity contribution in [2.75, 3.05) is 14.1 Å². The molecule has 0 spiro atoms. The third-order valence-electron chi connectivity index (χ3n) is 4.73. The molecule has 0 aromatic heterocycles. The van der Waals surface area contributed by atoms with E-state index in [1.807, 2.05) is 19.0 Å². The number of amides is 1. The maximum atomic E-state index is 12.8. The topological polar surface area (TPSA) is 32.3 Å². The summed E-state index contributed by atoms with van der Waals surface area (Å²) in [6.45, 7) is 2.07. The van der Waals surface area contributed by atoms with Crippen molar-refractivity contribution < 1.29 is 4.79 Å². The van der Waals surface area contributed by atoms with E-state index in [1.165, 1.54) is 31.2 Å². The van der Waals surface area contributed by atoms with Gasteiger partial charge in [0, 0.05) is 6.04 Å². The first kappa shape index (κ1) is 14.6. The fraction of sp³-hybridized carbons (Fsp3) is 0.611. The molecule has 1 aromatic rings. The van der Waals surface area contributed by atoms with Gasteiger partial charge in [-0.05, 0) is 64.1 Å². The lowest BCUT2D eigenvalue weighted by Crippen LogP contribution is -2.44. The van der Waals surface area contributed by atoms with Gasteiger partial charge in [-0.3, -0.25) is 9.69 Å². The standard InChI is InChI=1S/C18H26N2O/c1-12-4-6-15(7-5-12)17(20(2)3)18(21)19-16(13-8-9-13)14-10-11-14/h4-7,13-14,16-17H,8-11H2,1-3H3,(H,19,21)/t17-/m1/s1. The van der Waals surface area contributed by atoms with Gasteiger partial charge < -0.3 is 5.32 Å². The van der Waals surface area contributed by atoms with Gasteiger partial charge in [0.1, 0.15) is 6.04 Å². The van der Waals surface area contributed by atoms with Gasteiger partial charge >= 0.3 is 0 Å². The highest BCUT2D eigenvalue weighted by Crippen LogP contribution is 2.44. The number of carbonyl (C=O) groups is 1. The van der Waals surface area contributed by atoms with E-state index >= 15 is 0 Å². The summed E-state index contributed by atoms with van der Waals surface area (Å²) in [7, 11) is 3.96. The molecule has 3 rings (SSSR count). The molecule has 0 unspecified atom stereocenters. The Hall–Kier alpha value is -1.35. The van der Waals surface area contributed by atoms with E-state index in [-0.39, 0.29) is 11.9 Å². The number of rotatable bonds is 6. The molecule has 0 heterocycles. The predicted molar refractivity (Wildman–Crippen MR) is 85.0 cm³/mol. The zero-order valence-electron chi connectivity index (χ0n) is 13.3. The van der Waals surface area contributed by atoms with Crippen molar-refractivity contribution >= 4 is 5.91 Å². The van der Waals surface area contributed by atoms with Gasteiger partial charge in [0.05, 0.1) is 0 Å². The van der Waals surface area contributed by atoms with Gasteiger partial charge in [0.15, 0.2) is 0 Å². The maximum absolute atomic E-state index is 12.8. The van der Waals surface area contributed by atoms with Crippen LogP contribution < -0.4 is 5.32 Å². The molecule has 3 heteroatoms. The summed E-state index contributed by atoms with van der Waals surface area (Å²) in [4.78, 5) is 14.8. The van der Waals surface area contributed by atoms with E-state index in [0.29, 0.717) is 6.04 Å². The number of hydrogen-bond acceptors (Lipinski definition) is 2. The molecule has 0 bridgehead atoms. The van der Waals surface area contributed by atoms with Gasteiger partial charge in [0.2, 0.25) is 5.91 Å². The van der Waals surface area contributed by atoms with E-state index < -0.39 is 0 Å². The Kier molecular flexibility index (Phi) is 4.03. The zero-order valence-corrected chi connectivity index (χ0v) is 13.3. The molecular weight excluding hydrogens is 260 g/mol. The lowest BCUT2D eigenvalue weighted by atomic mass is 10.0. The van der Waals surface area contributed by atoms with Crippen LogP contribution in [0.15, 0.2) is 24.3 Å². The van der Waals surface area contributed by atoms with Gasteiger partial charge in [-0.15, -0.1) is 0 Å². The van der Waals surface area contributed by atoms with Crippen molar-refractivity contribution in [3.63, 3.8) is 0 Å². The fourth-order valence-corrected chi connectivity index (χ4v) is 3.21. The number of nitrogens with one attached hydrogen (secondary N) is 1. The number of carbonyl (C=O) groups excluding carboxylic acids is 1. The number of likely N-dealkylation sites (N-methyl/N-ethyl adjacent to an activating group) is 1. The molecule has 1 atom stereocenters. The van der Waals surface area contributed by atoms with Crippen molar-refractivity contribution in [1.82, 2.24) is 10.2 Å². The molecular formula is C18H26N2O. The van der Waals surface area contributed by atoms with E-state index in [9.17, 15) is 4.79 Å². The number of benzene rings is 1. The molecule has 2 aliphatic carbocycles. The van der Waals surface area contributed by atoms with Crippen molar-refractivity contribution in [3.05, 3.63) is 35.4 Å². The van der Waals surface area contributed by atoms with Crippen LogP contribution in [0.25, 0.3) is 0 Å². The van der Waals surface area contributed by atoms with Gasteiger partial charge in [0.25, 0.3) is 0 Å². The molecule has 0 saturated heterocycles. The van der Waals surface area contributed by atoms with Gasteiger partial charge in [-0.25, -0.2) is 0 Å². The third-order valence-corrected chi connectivity index (χ3v) is 4.73. The Bertz CT molecular complexity index is 488. The highest BCUT2D eigenvalue weighted by molar-refractivity contribution is 5.83. The summed E-state index contributed by atoms with van der Waals surface area (Å²) in [5.74, 6) is 1.64. The summed E-state index contributed by atoms with van der Waals surface area (Å²) in [5, 5.41) is 3.35. The minimum atomic E-state index is -0.189. The van der Waals surface area contributed by atoms with Crippen LogP contribution in [0.4, 0.5) is 0 Å². The second kappa shape index (κ2) is 5.80. The molecule has 2 saturated carbocycles. The summed E-state index contributed by atoms with van der Waals surface area (Å²) >= 11 is 0. The number of nitrogens with zero attached hydrogens (tertiary/aromatic N) is 1. The number of hydrogen-bond donors (Lipinski definition) is 1. The molecule has 3 nitrogen and oxygen atoms in total. The first-order valence-corrected chi connectivity index (χ1v) is 8.09. The first-order valence-electron chi connectivity index (χ1n) is 8.09. The van der Waals surface area contributed by atoms with Crippen LogP contribution in [0.3, 0.4) is 0 Å². The maximum Gasteiger partial charge on any atom is 0.242 e. The van der Waals surface area contributed by atoms with E-state index in [0.717, 1.165) is 17.4 Å². The molecule has 114 valence electrons. The van der Waals surface area contributed by atoms with E-state index in [4.69, 9.17) is 0 Å². The summed E-state index contributed by atoms with van der Waals surface area (Å²) < 4.78 is 0. The largest absolute Gasteiger partial charge is 0.351 e. The highest BCUT2D eigenvalue weighted by Gasteiger charge is 2.43. The Morgan fingerprint density at radius 2 is 1.62 bits per heavy atom. The average molecular weight is 286 g/mol. The van der Waals surface area contributed by atoms with E-state index in [2.05, 4.69) is 36.5 Å². The summed E-state index contributed by atoms with van der Waals surface area (Å²) in [6, 6.07) is 8.54. The van der Waals surface area contributed by atoms with Crippen LogP contribution >= 0.6 is 0 Å². The second-order valence-corrected chi connectivity index (χ2v) is 6.99. The van der Waals surface area contributed by atoms with Crippen LogP contribution in [0.2, 0.25) is 0 Å². The summed E-state index contributed by atoms with van der Waals surface area (Å²) in [5.41, 5.74) is 2.30. The monoisotopic (exact) mass is 286 g/mol. The van der Waals surface area contributed by atoms with Crippen molar-refractivity contribution in [1.29, 1.82) is 0 Å². The third kappa shape index (κ3) is 3.46. The Labute approximate surface area is 127 Å². The van der Waals surface area contributed by atoms with Crippen molar-refractivity contribution in [3.8, 4) is 0 Å². The molecule has 2 aliphatic rings. The molecule has 21 heavy (non-hydrogen) atoms. The highest BCUT2D eigenvalue weighted by atomic mass is 16.2. The Morgan fingerprint density at radius 1 is 1.10 bits per heavy atom. The minimum absolute atomic E-state index is 0.160. The lowest BCUT2D eigenvalue weighted by molar-refractivity contribution is -0.126. The minimum Gasteiger partial charge on any atom is -0.351 e. The van der Waals surface area contributed by atoms with Crippen LogP contribution in [0.1, 0.15) is 42.9 Å². The van der Waals surface area contributed by atoms with Crippen LogP contribution in [-0.2, 0) is 4.79 Å². The molecule has 0 radical (unpaired) electrons. The Balaban J connectivity index is 1.73. The van der Waals surface area contributed by atoms with Crippen LogP contribution in [0, 0.1) is 18.8 Å². The lowest BCUT2D eigenvalue weighted by Gasteiger charge is -2.27. The van der Waals surface area contributed by atoms with Crippen molar-refractivity contribution in [2.24, 2.45) is 11.8 Å². The normalized spacial score (nSPS) is 19.9. The van der Waals surface area contributed by atoms with Crippen LogP contribution in [0.5, 0.6) is 0 Å². The Morgan fingerprint density at radius 3 is 2.05 bits per heavy atom. The average Bonchev–Trinajstić information content (AvgIpc) is 3.31. The second-order valence-electron chi connectivity index (χ2n) is 6.99. The van der Waals surface area contributed by atoms with Gasteiger partial charge in [-0.1, -0.05) is 29.8 Å². The smallest absolute Gasteiger partial charge is 0.242 e. The fourth-order valence-electron chi connectivity index (χ4n) is 3.21. The SMILES string of the molecule is Cc1ccc([C@H](C(=O)NC(C2CC2)C2CC2)N(C)C)cc1. The van der Waals surface area contributed by atoms with Crippen molar-refractivity contribution in [2.45, 2.75) is 44.7 Å². The molecule has 0 aliphatic heterocycles. The summed E-state index contributed by atoms with van der Waals surface area (Å²) in [6.07, 6.45) is 5.16. The number of aryl methyl sites for hydroxylation is 1. The molecule has 1 N–H and O–H groups in total. The molecule has 1 aromatic carbocycles. The molecule has 1 amide bonds. The zero-order chi connectivity index (χ0) is 15.0. The van der Waals surface area contributed by atoms with E-state index in [1.54, 1.807) is 0 Å². The quantitative estimate of drug-likeness (QED) is 0.872. The molecule has 2 fully saturated rings. The van der Waals surface area contributed by atoms with Crippen LogP contribution in [-0.4, -0.2) is 30.9 Å².